The third-order valence-electron chi connectivity index (χ3n) is 6.71. The van der Waals surface area contributed by atoms with Crippen LogP contribution in [0.2, 0.25) is 5.02 Å². The Balaban J connectivity index is 1.81. The van der Waals surface area contributed by atoms with Gasteiger partial charge in [0.25, 0.3) is 5.91 Å². The van der Waals surface area contributed by atoms with Gasteiger partial charge >= 0.3 is 5.97 Å². The number of carbonyl (C=O) groups excluding carboxylic acids is 3. The van der Waals surface area contributed by atoms with Crippen LogP contribution in [0, 0.1) is 0 Å². The Labute approximate surface area is 246 Å². The predicted molar refractivity (Wildman–Crippen MR) is 156 cm³/mol. The second-order valence-corrected chi connectivity index (χ2v) is 10.5. The average Bonchev–Trinajstić information content (AvgIpc) is 2.94. The number of esters is 1. The lowest BCUT2D eigenvalue weighted by Gasteiger charge is -2.26. The summed E-state index contributed by atoms with van der Waals surface area (Å²) in [4.78, 5) is 44.0. The van der Waals surface area contributed by atoms with E-state index in [9.17, 15) is 19.5 Å². The number of nitrogens with one attached hydrogen (secondary N) is 1. The Morgan fingerprint density at radius 1 is 1.20 bits per heavy atom. The molecule has 3 rings (SSSR count). The Hall–Kier alpha value is -3.37. The van der Waals surface area contributed by atoms with Gasteiger partial charge in [0, 0.05) is 46.0 Å². The molecule has 1 aromatic rings. The topological polar surface area (TPSA) is 127 Å². The molecule has 2 atom stereocenters. The number of ether oxygens (including phenoxy) is 2. The maximum Gasteiger partial charge on any atom is 0.338 e. The van der Waals surface area contributed by atoms with Crippen LogP contribution in [0.25, 0.3) is 0 Å². The number of fused-ring (bicyclic) bond motifs is 1. The van der Waals surface area contributed by atoms with E-state index >= 15 is 0 Å². The van der Waals surface area contributed by atoms with E-state index in [0.717, 1.165) is 19.3 Å². The van der Waals surface area contributed by atoms with Gasteiger partial charge in [-0.15, -0.1) is 0 Å². The molecular weight excluding hydrogens is 550 g/mol. The third-order valence-corrected chi connectivity index (χ3v) is 7.13. The fourth-order valence-corrected chi connectivity index (χ4v) is 4.74. The van der Waals surface area contributed by atoms with Gasteiger partial charge in [0.2, 0.25) is 5.91 Å². The lowest BCUT2D eigenvalue weighted by Crippen LogP contribution is -2.37. The van der Waals surface area contributed by atoms with E-state index in [1.165, 1.54) is 19.1 Å². The normalized spacial score (nSPS) is 22.7. The number of aromatic hydroxyl groups is 1. The van der Waals surface area contributed by atoms with Crippen LogP contribution in [0.1, 0.15) is 68.3 Å². The van der Waals surface area contributed by atoms with Crippen LogP contribution in [0.15, 0.2) is 41.6 Å². The third kappa shape index (κ3) is 10.8. The number of nitrogens with zero attached hydrogens (tertiary/aromatic N) is 2. The summed E-state index contributed by atoms with van der Waals surface area (Å²) in [5, 5.41) is 17.3. The average molecular weight is 590 g/mol. The van der Waals surface area contributed by atoms with Crippen molar-refractivity contribution in [1.82, 2.24) is 10.2 Å². The molecular formula is C30H40ClN3O7. The molecule has 10 nitrogen and oxygen atoms in total. The number of oxime groups is 1. The zero-order valence-electron chi connectivity index (χ0n) is 23.8. The van der Waals surface area contributed by atoms with Crippen molar-refractivity contribution >= 4 is 35.1 Å². The number of hydrogen-bond acceptors (Lipinski definition) is 8. The summed E-state index contributed by atoms with van der Waals surface area (Å²) in [7, 11) is 0. The summed E-state index contributed by atoms with van der Waals surface area (Å²) in [6.45, 7) is 5.44. The Morgan fingerprint density at radius 2 is 1.98 bits per heavy atom. The number of cyclic esters (lactones) is 1. The van der Waals surface area contributed by atoms with Crippen molar-refractivity contribution < 1.29 is 33.8 Å². The maximum atomic E-state index is 13.1. The van der Waals surface area contributed by atoms with Gasteiger partial charge in [0.1, 0.15) is 11.9 Å². The van der Waals surface area contributed by atoms with Gasteiger partial charge in [-0.05, 0) is 62.8 Å². The molecule has 0 aliphatic carbocycles. The van der Waals surface area contributed by atoms with E-state index in [1.807, 2.05) is 18.2 Å². The van der Waals surface area contributed by atoms with E-state index in [4.69, 9.17) is 25.9 Å². The fourth-order valence-electron chi connectivity index (χ4n) is 4.51. The van der Waals surface area contributed by atoms with Crippen LogP contribution in [-0.2, 0) is 30.3 Å². The van der Waals surface area contributed by atoms with E-state index in [1.54, 1.807) is 17.9 Å². The first-order valence-corrected chi connectivity index (χ1v) is 14.5. The standard InChI is InChI=1S/C30H40ClN3O7/c1-21-9-6-11-24(39-18-8-15-32-22(2)35)12-7-10-23(33-40-20-28(37)34-16-4-3-5-17-34)19-26-25(30(38)41-21)13-14-27(36)29(26)31/h6-7,10-11,13-14,21,24,36H,3-5,8-9,12,15-20H2,1-2H3,(H,32,35)/b10-7+,11-6+,33-23-/t21-,24?/m1/s1. The minimum Gasteiger partial charge on any atom is -0.506 e. The van der Waals surface area contributed by atoms with Crippen LogP contribution in [0.4, 0.5) is 0 Å². The summed E-state index contributed by atoms with van der Waals surface area (Å²) >= 11 is 6.45. The molecule has 1 saturated heterocycles. The highest BCUT2D eigenvalue weighted by atomic mass is 35.5. The summed E-state index contributed by atoms with van der Waals surface area (Å²) in [6, 6.07) is 2.82. The maximum absolute atomic E-state index is 13.1. The lowest BCUT2D eigenvalue weighted by atomic mass is 10.00. The fraction of sp³-hybridized carbons (Fsp3) is 0.533. The minimum absolute atomic E-state index is 0.0185. The molecule has 1 unspecified atom stereocenters. The van der Waals surface area contributed by atoms with Crippen LogP contribution in [0.3, 0.4) is 0 Å². The number of amides is 2. The van der Waals surface area contributed by atoms with Crippen molar-refractivity contribution in [1.29, 1.82) is 0 Å². The Morgan fingerprint density at radius 3 is 2.73 bits per heavy atom. The lowest BCUT2D eigenvalue weighted by molar-refractivity contribution is -0.137. The van der Waals surface area contributed by atoms with Gasteiger partial charge in [-0.2, -0.15) is 0 Å². The molecule has 1 fully saturated rings. The molecule has 2 amide bonds. The predicted octanol–water partition coefficient (Wildman–Crippen LogP) is 4.34. The van der Waals surface area contributed by atoms with E-state index in [2.05, 4.69) is 10.5 Å². The molecule has 2 aliphatic heterocycles. The van der Waals surface area contributed by atoms with Crippen molar-refractivity contribution in [3.05, 3.63) is 52.6 Å². The quantitative estimate of drug-likeness (QED) is 0.200. The van der Waals surface area contributed by atoms with Gasteiger partial charge in [0.05, 0.1) is 22.4 Å². The number of phenols is 1. The van der Waals surface area contributed by atoms with Gasteiger partial charge in [0.15, 0.2) is 6.61 Å². The summed E-state index contributed by atoms with van der Waals surface area (Å²) < 4.78 is 11.7. The van der Waals surface area contributed by atoms with Crippen molar-refractivity contribution in [2.75, 3.05) is 32.8 Å². The molecule has 41 heavy (non-hydrogen) atoms. The molecule has 0 aromatic heterocycles. The Bertz CT molecular complexity index is 1150. The molecule has 2 aliphatic rings. The van der Waals surface area contributed by atoms with Gasteiger partial charge in [-0.1, -0.05) is 35.0 Å². The molecule has 0 saturated carbocycles. The highest BCUT2D eigenvalue weighted by molar-refractivity contribution is 6.33. The molecule has 1 aromatic carbocycles. The summed E-state index contributed by atoms with van der Waals surface area (Å²) in [5.74, 6) is -0.968. The highest BCUT2D eigenvalue weighted by Gasteiger charge is 2.22. The minimum atomic E-state index is -0.574. The first kappa shape index (κ1) is 32.1. The van der Waals surface area contributed by atoms with Crippen LogP contribution in [-0.4, -0.2) is 78.6 Å². The van der Waals surface area contributed by atoms with Crippen LogP contribution >= 0.6 is 11.6 Å². The van der Waals surface area contributed by atoms with Crippen molar-refractivity contribution in [3.63, 3.8) is 0 Å². The zero-order valence-corrected chi connectivity index (χ0v) is 24.5. The van der Waals surface area contributed by atoms with E-state index in [0.29, 0.717) is 56.8 Å². The number of rotatable bonds is 8. The van der Waals surface area contributed by atoms with Gasteiger partial charge < -0.3 is 29.6 Å². The monoisotopic (exact) mass is 589 g/mol. The van der Waals surface area contributed by atoms with Gasteiger partial charge in [-0.25, -0.2) is 4.79 Å². The number of hydrogen-bond donors (Lipinski definition) is 2. The van der Waals surface area contributed by atoms with E-state index < -0.39 is 12.1 Å². The van der Waals surface area contributed by atoms with Crippen LogP contribution in [0.5, 0.6) is 5.75 Å². The molecule has 0 radical (unpaired) electrons. The number of piperidine rings is 1. The summed E-state index contributed by atoms with van der Waals surface area (Å²) in [5.41, 5.74) is 0.958. The van der Waals surface area contributed by atoms with Crippen molar-refractivity contribution in [2.24, 2.45) is 5.16 Å². The van der Waals surface area contributed by atoms with Crippen LogP contribution < -0.4 is 5.32 Å². The second kappa shape index (κ2) is 16.8. The number of carbonyl (C=O) groups is 3. The first-order valence-electron chi connectivity index (χ1n) is 14.1. The largest absolute Gasteiger partial charge is 0.506 e. The number of halogens is 1. The SMILES string of the molecule is CC(=O)NCCCOC1/C=C/C[C@@H](C)OC(=O)c2ccc(O)c(Cl)c2CC(=N\OCC(=O)N2CCCCC2)/C=C/C1. The molecule has 0 spiro atoms. The highest BCUT2D eigenvalue weighted by Crippen LogP contribution is 2.31. The van der Waals surface area contributed by atoms with E-state index in [-0.39, 0.29) is 47.3 Å². The zero-order chi connectivity index (χ0) is 29.6. The number of benzene rings is 1. The van der Waals surface area contributed by atoms with Crippen molar-refractivity contribution in [2.45, 2.75) is 71.0 Å². The molecule has 2 heterocycles. The first-order chi connectivity index (χ1) is 19.7. The second-order valence-electron chi connectivity index (χ2n) is 10.2. The smallest absolute Gasteiger partial charge is 0.338 e. The molecule has 0 bridgehead atoms. The summed E-state index contributed by atoms with van der Waals surface area (Å²) in [6.07, 6.45) is 11.5. The number of likely N-dealkylation sites (tertiary alicyclic amines) is 1. The molecule has 11 heteroatoms. The number of allylic oxidation sites excluding steroid dienone is 1. The van der Waals surface area contributed by atoms with Gasteiger partial charge in [-0.3, -0.25) is 9.59 Å². The molecule has 224 valence electrons. The Kier molecular flexibility index (Phi) is 13.2. The van der Waals surface area contributed by atoms with Crippen molar-refractivity contribution in [3.8, 4) is 5.75 Å². The molecule has 2 N–H and O–H groups in total. The number of phenolic OH excluding ortho intramolecular Hbond substituents is 1.